The molecule has 1 aliphatic carbocycles. The summed E-state index contributed by atoms with van der Waals surface area (Å²) in [6, 6.07) is 47.6. The van der Waals surface area contributed by atoms with E-state index in [0.717, 1.165) is 89.1 Å². The number of ketones is 2. The smallest absolute Gasteiger partial charge is 0.405 e. The van der Waals surface area contributed by atoms with Gasteiger partial charge in [-0.1, -0.05) is 214 Å². The molecule has 5 aromatic carbocycles. The van der Waals surface area contributed by atoms with Gasteiger partial charge in [-0.2, -0.15) is 0 Å². The Kier molecular flexibility index (Phi) is 30.7. The van der Waals surface area contributed by atoms with Gasteiger partial charge >= 0.3 is 6.09 Å². The first-order valence-corrected chi connectivity index (χ1v) is 45.9. The van der Waals surface area contributed by atoms with E-state index in [1.54, 1.807) is 50.3 Å². The number of amides is 4. The third-order valence-corrected chi connectivity index (χ3v) is 33.7. The number of aliphatic hydroxyl groups is 1. The van der Waals surface area contributed by atoms with Gasteiger partial charge in [0.1, 0.15) is 6.10 Å². The summed E-state index contributed by atoms with van der Waals surface area (Å²) in [4.78, 5) is 98.8. The number of hydrogen-bond donors (Lipinski definition) is 9. The average molecular weight is 1650 g/mol. The van der Waals surface area contributed by atoms with Crippen molar-refractivity contribution < 1.29 is 56.9 Å². The number of methoxy groups -OCH3 is 2. The normalized spacial score (nSPS) is 24.3. The third-order valence-electron chi connectivity index (χ3n) is 23.7. The van der Waals surface area contributed by atoms with E-state index in [4.69, 9.17) is 38.8 Å². The predicted octanol–water partition coefficient (Wildman–Crippen LogP) is 9.22. The fourth-order valence-corrected chi connectivity index (χ4v) is 26.4. The molecule has 2 fully saturated rings. The zero-order chi connectivity index (χ0) is 84.3. The lowest BCUT2D eigenvalue weighted by Crippen LogP contribution is -2.67. The quantitative estimate of drug-likeness (QED) is 0.00975. The molecule has 5 aromatic rings. The Labute approximate surface area is 699 Å². The first-order chi connectivity index (χ1) is 56.6. The lowest BCUT2D eigenvalue weighted by Gasteiger charge is -2.44. The number of carbonyl (C=O) groups is 6. The molecule has 5 aliphatic heterocycles. The summed E-state index contributed by atoms with van der Waals surface area (Å²) in [7, 11) is -2.67. The van der Waals surface area contributed by atoms with E-state index in [2.05, 4.69) is 210 Å². The average Bonchev–Trinajstić information content (AvgIpc) is 0.750. The second-order valence-corrected chi connectivity index (χ2v) is 43.0. The van der Waals surface area contributed by atoms with Crippen LogP contribution in [-0.2, 0) is 37.4 Å². The van der Waals surface area contributed by atoms with E-state index in [1.165, 1.54) is 41.0 Å². The molecular weight excluding hydrogens is 1520 g/mol. The molecular formula is C92H124N12O12Si2. The number of anilines is 1. The molecule has 118 heavy (non-hydrogen) atoms. The van der Waals surface area contributed by atoms with Crippen LogP contribution < -0.4 is 63.7 Å². The maximum Gasteiger partial charge on any atom is 0.405 e. The molecule has 0 unspecified atom stereocenters. The highest BCUT2D eigenvalue weighted by atomic mass is 28.4. The van der Waals surface area contributed by atoms with Gasteiger partial charge in [0.05, 0.1) is 48.9 Å². The van der Waals surface area contributed by atoms with E-state index in [-0.39, 0.29) is 80.9 Å². The van der Waals surface area contributed by atoms with Crippen LogP contribution in [-0.4, -0.2) is 207 Å². The molecule has 0 saturated carbocycles. The summed E-state index contributed by atoms with van der Waals surface area (Å²) in [5, 5.41) is 39.6. The van der Waals surface area contributed by atoms with Gasteiger partial charge in [0.25, 0.3) is 34.4 Å². The number of Topliss-reactive ketones (excluding diaryl/α,β-unsaturated/α-hetero) is 1. The molecule has 632 valence electrons. The van der Waals surface area contributed by atoms with Crippen molar-refractivity contribution in [3.63, 3.8) is 0 Å². The maximum absolute atomic E-state index is 14.6. The number of carbonyl (C=O) groups excluding carboxylic acids is 6. The SMILES string of the molecule is CO[C@H]1/C=C\C=C(/C)C(=O)NC2=CC(=O)C(NCCCCCCNc3cc(C(=O)NC[C@H]4CCN5CC[C@H](CO[Si](c6ccccc6)(c6ccccc6)C(C)(C)C)N=C5N4)cc(C(=O)NC[C@H]4CCN5CC[C@H](CO[Si](c6ccccc6)(c6ccccc6)C(C)(C)C)N=C5N4)c3)=C(C[C@@H](C)C[C@H](OC)[C@H](O)[C@@H](C)/C=C(\C)[C@@H]1OC(N)=O)C2=O. The summed E-state index contributed by atoms with van der Waals surface area (Å²) >= 11 is 0. The number of hydrogen-bond acceptors (Lipinski definition) is 20. The van der Waals surface area contributed by atoms with E-state index < -0.39 is 70.5 Å². The maximum atomic E-state index is 14.6. The third kappa shape index (κ3) is 22.0. The Morgan fingerprint density at radius 1 is 0.627 bits per heavy atom. The molecule has 4 amide bonds. The van der Waals surface area contributed by atoms with E-state index >= 15 is 0 Å². The first-order valence-electron chi connectivity index (χ1n) is 42.1. The van der Waals surface area contributed by atoms with Crippen LogP contribution in [0.3, 0.4) is 0 Å². The number of nitrogens with one attached hydrogen (secondary N) is 7. The number of aliphatic hydroxyl groups excluding tert-OH is 1. The summed E-state index contributed by atoms with van der Waals surface area (Å²) in [6.45, 7) is 26.5. The molecule has 6 aliphatic rings. The van der Waals surface area contributed by atoms with Gasteiger partial charge in [-0.3, -0.25) is 24.0 Å². The standard InChI is InChI=1S/C92H124N12O12Si2/c1-61-50-76-81(78(105)56-77(83(76)107)102-85(108)62(2)30-29-39-79(112-11)84(116-88(93)111)64(4)52-63(3)82(106)80(51-61)113-12)95-45-28-14-13-27-44-94-71-54-65(86(109)96-57-67-40-46-103-48-42-69(100-89(103)98-67)59-114-117(91(5,6)7,72-31-19-15-20-32-72)73-33-21-16-22-34-73)53-66(55-71)87(110)97-58-68-41-47-104-49-43-70(101-90(104)99-68)60-115-118(92(8,9)10,74-35-23-17-24-36-74)75-37-25-18-26-38-75/h15-26,29-39,52-56,61,63,67-70,79-80,82,84,94-95,106H,13-14,27-28,40-51,57-60H2,1-12H3,(H2,93,111)(H,96,109)(H,97,110)(H,98,100)(H,99,101)(H,102,108)/b39-29-,62-30+,64-52+/t61-,63+,67-,68-,69-,70-,79+,80+,82-,84+/m1/s1. The molecule has 2 bridgehead atoms. The highest BCUT2D eigenvalue weighted by Crippen LogP contribution is 2.40. The minimum atomic E-state index is -2.80. The van der Waals surface area contributed by atoms with Crippen LogP contribution in [0, 0.1) is 11.8 Å². The van der Waals surface area contributed by atoms with Crippen molar-refractivity contribution in [2.45, 2.75) is 192 Å². The Bertz CT molecular complexity index is 4260. The molecule has 5 heterocycles. The number of allylic oxidation sites excluding steroid dienone is 4. The van der Waals surface area contributed by atoms with Crippen LogP contribution in [0.2, 0.25) is 10.1 Å². The van der Waals surface area contributed by atoms with Crippen molar-refractivity contribution in [3.8, 4) is 0 Å². The van der Waals surface area contributed by atoms with Gasteiger partial charge in [-0.05, 0) is 126 Å². The number of nitrogens with two attached hydrogens (primary N) is 1. The second kappa shape index (κ2) is 40.8. The monoisotopic (exact) mass is 1640 g/mol. The lowest BCUT2D eigenvalue weighted by molar-refractivity contribution is -0.120. The number of guanidine groups is 2. The number of aliphatic imine (C=N–C) groups is 2. The van der Waals surface area contributed by atoms with Crippen molar-refractivity contribution >= 4 is 90.4 Å². The van der Waals surface area contributed by atoms with E-state index in [9.17, 15) is 33.9 Å². The summed E-state index contributed by atoms with van der Waals surface area (Å²) in [5.41, 5.74) is 7.77. The van der Waals surface area contributed by atoms with Gasteiger partial charge < -0.3 is 80.9 Å². The van der Waals surface area contributed by atoms with Crippen LogP contribution in [0.15, 0.2) is 208 Å². The number of nitrogens with zero attached hydrogens (tertiary/aromatic N) is 4. The van der Waals surface area contributed by atoms with E-state index in [0.29, 0.717) is 74.6 Å². The Hall–Kier alpha value is -9.81. The lowest BCUT2D eigenvalue weighted by atomic mass is 9.85. The highest BCUT2D eigenvalue weighted by molar-refractivity contribution is 7.00. The largest absolute Gasteiger partial charge is 0.439 e. The molecule has 2 saturated heterocycles. The van der Waals surface area contributed by atoms with Crippen LogP contribution in [0.1, 0.15) is 154 Å². The van der Waals surface area contributed by atoms with Gasteiger partial charge in [0.15, 0.2) is 18.0 Å². The van der Waals surface area contributed by atoms with Gasteiger partial charge in [-0.25, -0.2) is 14.8 Å². The summed E-state index contributed by atoms with van der Waals surface area (Å²) in [6.07, 6.45) is 9.64. The molecule has 0 radical (unpaired) electrons. The topological polar surface area (TPSA) is 310 Å². The van der Waals surface area contributed by atoms with Crippen LogP contribution in [0.25, 0.3) is 0 Å². The fraction of sp³-hybridized carbons (Fsp3) is 0.478. The summed E-state index contributed by atoms with van der Waals surface area (Å²) < 4.78 is 31.8. The first kappa shape index (κ1) is 89.0. The molecule has 11 rings (SSSR count). The molecule has 10 atom stereocenters. The molecule has 24 nitrogen and oxygen atoms in total. The Morgan fingerprint density at radius 3 is 1.54 bits per heavy atom. The Balaban J connectivity index is 0.749. The number of ether oxygens (including phenoxy) is 3. The van der Waals surface area contributed by atoms with Crippen LogP contribution in [0.4, 0.5) is 10.5 Å². The van der Waals surface area contributed by atoms with Crippen LogP contribution >= 0.6 is 0 Å². The number of benzene rings is 5. The van der Waals surface area contributed by atoms with Crippen molar-refractivity contribution in [3.05, 3.63) is 209 Å². The highest BCUT2D eigenvalue weighted by Gasteiger charge is 2.52. The number of primary amides is 1. The van der Waals surface area contributed by atoms with Crippen molar-refractivity contribution in [2.75, 3.05) is 85.1 Å². The van der Waals surface area contributed by atoms with Crippen LogP contribution in [0.5, 0.6) is 0 Å². The number of rotatable bonds is 28. The minimum Gasteiger partial charge on any atom is -0.439 e. The van der Waals surface area contributed by atoms with Gasteiger partial charge in [0, 0.05) is 119 Å². The van der Waals surface area contributed by atoms with Gasteiger partial charge in [-0.15, -0.1) is 0 Å². The van der Waals surface area contributed by atoms with Crippen molar-refractivity contribution in [1.82, 2.24) is 41.7 Å². The molecule has 0 spiro atoms. The number of fused-ring (bicyclic) bond motifs is 4. The minimum absolute atomic E-state index is 0.0727. The summed E-state index contributed by atoms with van der Waals surface area (Å²) in [5.74, 6) is -1.39. The second-order valence-electron chi connectivity index (χ2n) is 34.4. The molecule has 10 N–H and O–H groups in total. The fourth-order valence-electron chi connectivity index (χ4n) is 17.3. The predicted molar refractivity (Wildman–Crippen MR) is 471 cm³/mol. The van der Waals surface area contributed by atoms with Gasteiger partial charge in [0.2, 0.25) is 11.6 Å². The zero-order valence-corrected chi connectivity index (χ0v) is 72.9. The zero-order valence-electron chi connectivity index (χ0n) is 70.9. The molecule has 0 aromatic heterocycles. The van der Waals surface area contributed by atoms with E-state index in [1.807, 2.05) is 13.8 Å². The molecule has 26 heteroatoms. The Morgan fingerprint density at radius 2 is 1.09 bits per heavy atom. The number of unbranched alkanes of at least 4 members (excludes halogenated alkanes) is 3. The van der Waals surface area contributed by atoms with Crippen molar-refractivity contribution in [2.24, 2.45) is 27.6 Å². The van der Waals surface area contributed by atoms with Crippen molar-refractivity contribution in [1.29, 1.82) is 0 Å².